The van der Waals surface area contributed by atoms with Crippen LogP contribution in [-0.2, 0) is 12.7 Å². The summed E-state index contributed by atoms with van der Waals surface area (Å²) in [5.74, 6) is -0.115. The Kier molecular flexibility index (Phi) is 7.59. The number of aromatic nitrogens is 3. The predicted molar refractivity (Wildman–Crippen MR) is 145 cm³/mol. The van der Waals surface area contributed by atoms with E-state index < -0.39 is 17.8 Å². The van der Waals surface area contributed by atoms with Crippen molar-refractivity contribution >= 4 is 34.8 Å². The summed E-state index contributed by atoms with van der Waals surface area (Å²) < 4.78 is 42.7. The van der Waals surface area contributed by atoms with Crippen molar-refractivity contribution < 1.29 is 18.0 Å². The molecule has 0 radical (unpaired) electrons. The van der Waals surface area contributed by atoms with E-state index in [9.17, 15) is 18.0 Å². The first kappa shape index (κ1) is 27.4. The summed E-state index contributed by atoms with van der Waals surface area (Å²) in [7, 11) is 0. The number of carbonyl (C=O) groups is 1. The van der Waals surface area contributed by atoms with Gasteiger partial charge in [0.2, 0.25) is 0 Å². The Bertz CT molecular complexity index is 1510. The summed E-state index contributed by atoms with van der Waals surface area (Å²) in [6.45, 7) is 6.75. The lowest BCUT2D eigenvalue weighted by Gasteiger charge is -2.34. The fourth-order valence-electron chi connectivity index (χ4n) is 4.68. The number of hydrogen-bond donors (Lipinski definition) is 0. The van der Waals surface area contributed by atoms with E-state index in [-0.39, 0.29) is 22.8 Å². The fraction of sp³-hybridized carbons (Fsp3) is 0.321. The van der Waals surface area contributed by atoms with Gasteiger partial charge in [0.1, 0.15) is 5.56 Å². The summed E-state index contributed by atoms with van der Waals surface area (Å²) in [6, 6.07) is 13.7. The summed E-state index contributed by atoms with van der Waals surface area (Å²) in [4.78, 5) is 21.7. The number of carbonyl (C=O) groups excluding carboxylic acids is 1. The van der Waals surface area contributed by atoms with Crippen molar-refractivity contribution in [2.24, 2.45) is 0 Å². The van der Waals surface area contributed by atoms with Crippen LogP contribution in [0.1, 0.15) is 46.9 Å². The lowest BCUT2D eigenvalue weighted by Crippen LogP contribution is -2.48. The normalized spacial score (nSPS) is 14.9. The van der Waals surface area contributed by atoms with Gasteiger partial charge in [0, 0.05) is 38.3 Å². The molecule has 1 fully saturated rings. The zero-order chi connectivity index (χ0) is 27.9. The number of amides is 1. The zero-order valence-corrected chi connectivity index (χ0v) is 22.9. The molecule has 6 nitrogen and oxygen atoms in total. The van der Waals surface area contributed by atoms with Crippen molar-refractivity contribution in [1.82, 2.24) is 24.4 Å². The molecule has 204 valence electrons. The van der Waals surface area contributed by atoms with Crippen LogP contribution in [0.4, 0.5) is 13.2 Å². The van der Waals surface area contributed by atoms with Crippen molar-refractivity contribution in [3.05, 3.63) is 87.2 Å². The monoisotopic (exact) mass is 575 g/mol. The molecule has 3 heterocycles. The smallest absolute Gasteiger partial charge is 0.336 e. The van der Waals surface area contributed by atoms with Crippen molar-refractivity contribution in [1.29, 1.82) is 0 Å². The van der Waals surface area contributed by atoms with E-state index in [2.05, 4.69) is 15.0 Å². The van der Waals surface area contributed by atoms with Crippen LogP contribution < -0.4 is 0 Å². The highest BCUT2D eigenvalue weighted by atomic mass is 35.5. The Morgan fingerprint density at radius 3 is 2.28 bits per heavy atom. The van der Waals surface area contributed by atoms with Gasteiger partial charge in [-0.05, 0) is 35.2 Å². The first-order valence-electron chi connectivity index (χ1n) is 12.5. The molecule has 0 unspecified atom stereocenters. The Morgan fingerprint density at radius 1 is 0.974 bits per heavy atom. The van der Waals surface area contributed by atoms with Gasteiger partial charge in [-0.25, -0.2) is 9.50 Å². The number of hydrogen-bond acceptors (Lipinski definition) is 4. The van der Waals surface area contributed by atoms with E-state index in [0.717, 1.165) is 17.2 Å². The molecule has 0 saturated carbocycles. The number of alkyl halides is 3. The minimum atomic E-state index is -4.68. The maximum atomic E-state index is 14.0. The molecule has 0 N–H and O–H groups in total. The van der Waals surface area contributed by atoms with Crippen molar-refractivity contribution in [2.45, 2.75) is 32.5 Å². The van der Waals surface area contributed by atoms with Crippen LogP contribution in [0.5, 0.6) is 0 Å². The van der Waals surface area contributed by atoms with Gasteiger partial charge in [0.05, 0.1) is 21.9 Å². The average molecular weight is 576 g/mol. The molecule has 39 heavy (non-hydrogen) atoms. The first-order valence-corrected chi connectivity index (χ1v) is 13.3. The Hall–Kier alpha value is -3.14. The molecule has 0 bridgehead atoms. The molecule has 11 heteroatoms. The minimum Gasteiger partial charge on any atom is -0.336 e. The molecule has 2 aromatic carbocycles. The largest absolute Gasteiger partial charge is 0.433 e. The molecular weight excluding hydrogens is 550 g/mol. The molecule has 1 amide bonds. The zero-order valence-electron chi connectivity index (χ0n) is 21.3. The predicted octanol–water partition coefficient (Wildman–Crippen LogP) is 6.80. The number of benzene rings is 2. The van der Waals surface area contributed by atoms with Crippen molar-refractivity contribution in [3.8, 4) is 11.3 Å². The molecule has 5 rings (SSSR count). The minimum absolute atomic E-state index is 0.0408. The lowest BCUT2D eigenvalue weighted by molar-refractivity contribution is -0.142. The SMILES string of the molecule is CC(C)c1ccc(-c2cc(C(F)(F)F)n3ncc(C(=O)N4CCN(Cc5ccc(Cl)c(Cl)c5)CC4)c3n2)cc1. The van der Waals surface area contributed by atoms with Crippen LogP contribution in [0.2, 0.25) is 10.0 Å². The molecular formula is C28H26Cl2F3N5O. The van der Waals surface area contributed by atoms with Crippen LogP contribution >= 0.6 is 23.2 Å². The first-order chi connectivity index (χ1) is 18.5. The van der Waals surface area contributed by atoms with Crippen LogP contribution in [-0.4, -0.2) is 56.5 Å². The number of fused-ring (bicyclic) bond motifs is 1. The highest BCUT2D eigenvalue weighted by Crippen LogP contribution is 2.33. The second kappa shape index (κ2) is 10.8. The topological polar surface area (TPSA) is 53.7 Å². The van der Waals surface area contributed by atoms with Gasteiger partial charge >= 0.3 is 6.18 Å². The summed E-state index contributed by atoms with van der Waals surface area (Å²) in [5, 5.41) is 4.88. The Balaban J connectivity index is 1.40. The van der Waals surface area contributed by atoms with E-state index in [0.29, 0.717) is 52.8 Å². The summed E-state index contributed by atoms with van der Waals surface area (Å²) >= 11 is 12.1. The maximum absolute atomic E-state index is 14.0. The third kappa shape index (κ3) is 5.76. The summed E-state index contributed by atoms with van der Waals surface area (Å²) in [6.07, 6.45) is -3.51. The molecule has 0 atom stereocenters. The van der Waals surface area contributed by atoms with Gasteiger partial charge in [-0.1, -0.05) is 67.4 Å². The molecule has 1 saturated heterocycles. The highest BCUT2D eigenvalue weighted by Gasteiger charge is 2.36. The Labute approximate surface area is 233 Å². The second-order valence-corrected chi connectivity index (χ2v) is 10.7. The quantitative estimate of drug-likeness (QED) is 0.262. The summed E-state index contributed by atoms with van der Waals surface area (Å²) in [5.41, 5.74) is 1.67. The lowest BCUT2D eigenvalue weighted by atomic mass is 10.0. The van der Waals surface area contributed by atoms with E-state index in [1.165, 1.54) is 6.20 Å². The van der Waals surface area contributed by atoms with Crippen LogP contribution in [0, 0.1) is 0 Å². The van der Waals surface area contributed by atoms with Gasteiger partial charge in [-0.3, -0.25) is 9.69 Å². The third-order valence-electron chi connectivity index (χ3n) is 6.92. The standard InChI is InChI=1S/C28H26Cl2F3N5O/c1-17(2)19-4-6-20(7-5-19)24-14-25(28(31,32)33)38-26(35-24)21(15-34-38)27(39)37-11-9-36(10-12-37)16-18-3-8-22(29)23(30)13-18/h3-8,13-15,17H,9-12,16H2,1-2H3. The van der Waals surface area contributed by atoms with Gasteiger partial charge < -0.3 is 4.90 Å². The Morgan fingerprint density at radius 2 is 1.67 bits per heavy atom. The van der Waals surface area contributed by atoms with Gasteiger partial charge in [-0.15, -0.1) is 0 Å². The molecule has 0 aliphatic carbocycles. The van der Waals surface area contributed by atoms with Crippen molar-refractivity contribution in [2.75, 3.05) is 26.2 Å². The molecule has 1 aliphatic heterocycles. The van der Waals surface area contributed by atoms with Gasteiger partial charge in [0.25, 0.3) is 5.91 Å². The highest BCUT2D eigenvalue weighted by molar-refractivity contribution is 6.42. The number of rotatable bonds is 5. The third-order valence-corrected chi connectivity index (χ3v) is 7.65. The number of halogens is 5. The second-order valence-electron chi connectivity index (χ2n) is 9.91. The average Bonchev–Trinajstić information content (AvgIpc) is 3.33. The number of piperazine rings is 1. The van der Waals surface area contributed by atoms with Crippen molar-refractivity contribution in [3.63, 3.8) is 0 Å². The van der Waals surface area contributed by atoms with E-state index in [1.807, 2.05) is 38.1 Å². The maximum Gasteiger partial charge on any atom is 0.433 e. The van der Waals surface area contributed by atoms with Crippen LogP contribution in [0.25, 0.3) is 16.9 Å². The molecule has 4 aromatic rings. The van der Waals surface area contributed by atoms with Gasteiger partial charge in [0.15, 0.2) is 11.3 Å². The van der Waals surface area contributed by atoms with E-state index >= 15 is 0 Å². The van der Waals surface area contributed by atoms with Gasteiger partial charge in [-0.2, -0.15) is 18.3 Å². The number of nitrogens with zero attached hydrogens (tertiary/aromatic N) is 5. The van der Waals surface area contributed by atoms with E-state index in [4.69, 9.17) is 23.2 Å². The molecule has 1 aliphatic rings. The van der Waals surface area contributed by atoms with Crippen LogP contribution in [0.3, 0.4) is 0 Å². The fourth-order valence-corrected chi connectivity index (χ4v) is 5.00. The van der Waals surface area contributed by atoms with Crippen LogP contribution in [0.15, 0.2) is 54.7 Å². The molecule has 0 spiro atoms. The molecule has 2 aromatic heterocycles. The van der Waals surface area contributed by atoms with E-state index in [1.54, 1.807) is 23.1 Å².